The van der Waals surface area contributed by atoms with Crippen molar-refractivity contribution in [3.63, 3.8) is 0 Å². The average Bonchev–Trinajstić information content (AvgIpc) is 2.48. The van der Waals surface area contributed by atoms with Gasteiger partial charge < -0.3 is 4.74 Å². The van der Waals surface area contributed by atoms with Gasteiger partial charge in [-0.25, -0.2) is 10.2 Å². The van der Waals surface area contributed by atoms with Crippen molar-refractivity contribution < 1.29 is 14.3 Å². The van der Waals surface area contributed by atoms with Crippen molar-refractivity contribution in [3.8, 4) is 0 Å². The Kier molecular flexibility index (Phi) is 5.48. The Bertz CT molecular complexity index is 611. The highest BCUT2D eigenvalue weighted by Crippen LogP contribution is 2.14. The number of carbonyl (C=O) groups excluding carboxylic acids is 2. The zero-order chi connectivity index (χ0) is 15.9. The highest BCUT2D eigenvalue weighted by atomic mass is 35.5. The van der Waals surface area contributed by atoms with Gasteiger partial charge in [-0.05, 0) is 24.6 Å². The molecule has 0 aromatic heterocycles. The van der Waals surface area contributed by atoms with Crippen molar-refractivity contribution in [1.29, 1.82) is 0 Å². The van der Waals surface area contributed by atoms with E-state index in [1.807, 2.05) is 12.1 Å². The summed E-state index contributed by atoms with van der Waals surface area (Å²) >= 11 is 5.51. The van der Waals surface area contributed by atoms with Crippen molar-refractivity contribution >= 4 is 41.1 Å². The number of ether oxygens (including phenoxy) is 1. The molecule has 116 valence electrons. The van der Waals surface area contributed by atoms with E-state index in [-0.39, 0.29) is 5.91 Å². The van der Waals surface area contributed by atoms with Crippen LogP contribution in [0.2, 0.25) is 0 Å². The molecule has 1 aromatic carbocycles. The lowest BCUT2D eigenvalue weighted by Crippen LogP contribution is -2.25. The third-order valence-corrected chi connectivity index (χ3v) is 2.85. The lowest BCUT2D eigenvalue weighted by atomic mass is 10.0. The molecule has 7 nitrogen and oxygen atoms in total. The number of hydrogen-bond donors (Lipinski definition) is 2. The number of hydrogen-bond acceptors (Lipinski definition) is 6. The number of carbonyl (C=O) groups is 2. The van der Waals surface area contributed by atoms with Gasteiger partial charge in [-0.15, -0.1) is 0 Å². The van der Waals surface area contributed by atoms with Crippen molar-refractivity contribution in [2.75, 3.05) is 5.43 Å². The summed E-state index contributed by atoms with van der Waals surface area (Å²) in [7, 11) is 0. The van der Waals surface area contributed by atoms with E-state index in [4.69, 9.17) is 11.6 Å². The Labute approximate surface area is 132 Å². The number of rotatable bonds is 5. The molecule has 1 aliphatic rings. The van der Waals surface area contributed by atoms with Crippen LogP contribution < -0.4 is 10.9 Å². The molecule has 8 heteroatoms. The summed E-state index contributed by atoms with van der Waals surface area (Å²) in [5, 5.41) is 7.77. The summed E-state index contributed by atoms with van der Waals surface area (Å²) in [5.41, 5.74) is 6.91. The summed E-state index contributed by atoms with van der Waals surface area (Å²) in [4.78, 5) is 22.2. The molecule has 0 saturated carbocycles. The van der Waals surface area contributed by atoms with Crippen LogP contribution in [-0.2, 0) is 14.3 Å². The lowest BCUT2D eigenvalue weighted by Gasteiger charge is -2.12. The molecular weight excluding hydrogens is 308 g/mol. The largest absolute Gasteiger partial charge is 0.442 e. The highest BCUT2D eigenvalue weighted by Gasteiger charge is 2.12. The quantitative estimate of drug-likeness (QED) is 0.374. The van der Waals surface area contributed by atoms with Crippen LogP contribution >= 0.6 is 11.6 Å². The Morgan fingerprint density at radius 2 is 2.18 bits per heavy atom. The Hall–Kier alpha value is -2.41. The van der Waals surface area contributed by atoms with Crippen LogP contribution in [-0.4, -0.2) is 29.4 Å². The van der Waals surface area contributed by atoms with Gasteiger partial charge in [-0.1, -0.05) is 23.7 Å². The third kappa shape index (κ3) is 4.85. The first kappa shape index (κ1) is 16.0. The van der Waals surface area contributed by atoms with E-state index in [9.17, 15) is 9.59 Å². The van der Waals surface area contributed by atoms with Gasteiger partial charge in [0.1, 0.15) is 6.21 Å². The molecule has 0 aliphatic carbocycles. The summed E-state index contributed by atoms with van der Waals surface area (Å²) in [5.74, 6) is -0.701. The number of anilines is 1. The smallest absolute Gasteiger partial charge is 0.352 e. The first-order valence-corrected chi connectivity index (χ1v) is 7.08. The van der Waals surface area contributed by atoms with Gasteiger partial charge in [-0.3, -0.25) is 10.2 Å². The molecule has 1 aliphatic heterocycles. The van der Waals surface area contributed by atoms with Crippen LogP contribution in [0.15, 0.2) is 34.5 Å². The highest BCUT2D eigenvalue weighted by molar-refractivity contribution is 6.26. The second kappa shape index (κ2) is 7.56. The minimum absolute atomic E-state index is 0.0745. The Morgan fingerprint density at radius 3 is 2.77 bits per heavy atom. The molecule has 22 heavy (non-hydrogen) atoms. The van der Waals surface area contributed by atoms with Gasteiger partial charge in [0, 0.05) is 12.8 Å². The standard InChI is InChI=1S/C14H15ClN4O3/c1-9(15)22-14(21)8-16-17-11-4-2-10(3-5-11)12-6-7-13(20)19-18-12/h2-5,8-9,17H,6-7H2,1H3,(H,19,20). The average molecular weight is 323 g/mol. The fraction of sp³-hybridized carbons (Fsp3) is 0.286. The zero-order valence-electron chi connectivity index (χ0n) is 11.9. The van der Waals surface area contributed by atoms with E-state index in [1.165, 1.54) is 6.92 Å². The molecule has 0 saturated heterocycles. The van der Waals surface area contributed by atoms with E-state index >= 15 is 0 Å². The van der Waals surface area contributed by atoms with Crippen LogP contribution in [0.1, 0.15) is 25.3 Å². The lowest BCUT2D eigenvalue weighted by molar-refractivity contribution is -0.136. The molecule has 1 aromatic rings. The van der Waals surface area contributed by atoms with E-state index in [0.717, 1.165) is 17.5 Å². The molecule has 0 bridgehead atoms. The maximum absolute atomic E-state index is 11.2. The number of nitrogens with zero attached hydrogens (tertiary/aromatic N) is 2. The van der Waals surface area contributed by atoms with Gasteiger partial charge in [0.25, 0.3) is 0 Å². The Balaban J connectivity index is 1.91. The maximum Gasteiger partial charge on any atom is 0.352 e. The minimum Gasteiger partial charge on any atom is -0.442 e. The van der Waals surface area contributed by atoms with Gasteiger partial charge in [0.15, 0.2) is 5.56 Å². The maximum atomic E-state index is 11.2. The SMILES string of the molecule is CC(Cl)OC(=O)C=NNc1ccc(C2=NNC(=O)CC2)cc1. The zero-order valence-corrected chi connectivity index (χ0v) is 12.6. The Morgan fingerprint density at radius 1 is 1.45 bits per heavy atom. The van der Waals surface area contributed by atoms with Crippen molar-refractivity contribution in [2.24, 2.45) is 10.2 Å². The fourth-order valence-electron chi connectivity index (χ4n) is 1.77. The first-order valence-electron chi connectivity index (χ1n) is 6.64. The number of halogens is 1. The number of hydrazone groups is 2. The van der Waals surface area contributed by atoms with Crippen molar-refractivity contribution in [1.82, 2.24) is 5.43 Å². The molecule has 0 spiro atoms. The molecule has 0 radical (unpaired) electrons. The van der Waals surface area contributed by atoms with E-state index in [2.05, 4.69) is 25.8 Å². The van der Waals surface area contributed by atoms with Crippen LogP contribution in [0.25, 0.3) is 0 Å². The van der Waals surface area contributed by atoms with E-state index in [1.54, 1.807) is 12.1 Å². The normalized spacial score (nSPS) is 15.9. The predicted molar refractivity (Wildman–Crippen MR) is 83.9 cm³/mol. The van der Waals surface area contributed by atoms with Gasteiger partial charge in [-0.2, -0.15) is 10.2 Å². The number of amides is 1. The van der Waals surface area contributed by atoms with Crippen molar-refractivity contribution in [2.45, 2.75) is 25.3 Å². The van der Waals surface area contributed by atoms with Gasteiger partial charge >= 0.3 is 5.97 Å². The second-order valence-corrected chi connectivity index (χ2v) is 5.14. The number of nitrogens with one attached hydrogen (secondary N) is 2. The van der Waals surface area contributed by atoms with Gasteiger partial charge in [0.2, 0.25) is 5.91 Å². The first-order chi connectivity index (χ1) is 10.5. The van der Waals surface area contributed by atoms with Crippen LogP contribution in [0.3, 0.4) is 0 Å². The summed E-state index contributed by atoms with van der Waals surface area (Å²) in [6, 6.07) is 7.29. The number of benzene rings is 1. The molecule has 2 N–H and O–H groups in total. The van der Waals surface area contributed by atoms with E-state index < -0.39 is 11.5 Å². The van der Waals surface area contributed by atoms with E-state index in [0.29, 0.717) is 18.5 Å². The predicted octanol–water partition coefficient (Wildman–Crippen LogP) is 1.83. The molecule has 0 fully saturated rings. The molecule has 1 atom stereocenters. The third-order valence-electron chi connectivity index (χ3n) is 2.76. The molecule has 1 unspecified atom stereocenters. The number of esters is 1. The fourth-order valence-corrected chi connectivity index (χ4v) is 1.86. The summed E-state index contributed by atoms with van der Waals surface area (Å²) in [6.45, 7) is 1.54. The molecule has 2 rings (SSSR count). The van der Waals surface area contributed by atoms with Crippen LogP contribution in [0, 0.1) is 0 Å². The minimum atomic E-state index is -0.699. The monoisotopic (exact) mass is 322 g/mol. The van der Waals surface area contributed by atoms with Crippen molar-refractivity contribution in [3.05, 3.63) is 29.8 Å². The topological polar surface area (TPSA) is 92.2 Å². The summed E-state index contributed by atoms with van der Waals surface area (Å²) in [6.07, 6.45) is 2.05. The summed E-state index contributed by atoms with van der Waals surface area (Å²) < 4.78 is 4.68. The molecule has 1 amide bonds. The van der Waals surface area contributed by atoms with Crippen LogP contribution in [0.4, 0.5) is 5.69 Å². The molecule has 1 heterocycles. The number of alkyl halides is 1. The van der Waals surface area contributed by atoms with Gasteiger partial charge in [0.05, 0.1) is 11.4 Å². The second-order valence-electron chi connectivity index (χ2n) is 4.52. The van der Waals surface area contributed by atoms with Crippen LogP contribution in [0.5, 0.6) is 0 Å². The molecular formula is C14H15ClN4O3.